The summed E-state index contributed by atoms with van der Waals surface area (Å²) < 4.78 is 22.9. The third-order valence-corrected chi connectivity index (χ3v) is 6.54. The van der Waals surface area contributed by atoms with E-state index in [1.54, 1.807) is 72.8 Å². The lowest BCUT2D eigenvalue weighted by Gasteiger charge is -2.35. The fourth-order valence-electron chi connectivity index (χ4n) is 4.30. The number of carbonyl (C=O) groups excluding carboxylic acids is 4. The van der Waals surface area contributed by atoms with E-state index in [2.05, 4.69) is 0 Å². The van der Waals surface area contributed by atoms with Gasteiger partial charge in [0.1, 0.15) is 6.61 Å². The van der Waals surface area contributed by atoms with E-state index >= 15 is 0 Å². The van der Waals surface area contributed by atoms with E-state index in [0.29, 0.717) is 0 Å². The average molecular weight is 614 g/mol. The third-order valence-electron chi connectivity index (χ3n) is 6.54. The van der Waals surface area contributed by atoms with Gasteiger partial charge in [0.25, 0.3) is 0 Å². The summed E-state index contributed by atoms with van der Waals surface area (Å²) in [4.78, 5) is 57.8. The summed E-state index contributed by atoms with van der Waals surface area (Å²) in [6, 6.07) is 31.5. The zero-order chi connectivity index (χ0) is 32.0. The first kappa shape index (κ1) is 32.6. The molecule has 0 unspecified atom stereocenters. The van der Waals surface area contributed by atoms with Crippen molar-refractivity contribution in [2.24, 2.45) is 5.90 Å². The van der Waals surface area contributed by atoms with Gasteiger partial charge in [-0.3, -0.25) is 0 Å². The molecule has 0 aromatic heterocycles. The van der Waals surface area contributed by atoms with E-state index in [1.165, 1.54) is 48.5 Å². The number of nitrogens with two attached hydrogens (primary N) is 1. The molecule has 232 valence electrons. The maximum atomic E-state index is 13.4. The zero-order valence-electron chi connectivity index (χ0n) is 24.0. The predicted octanol–water partition coefficient (Wildman–Crippen LogP) is 3.77. The molecule has 4 aromatic rings. The van der Waals surface area contributed by atoms with Crippen LogP contribution < -0.4 is 5.90 Å². The number of benzene rings is 4. The van der Waals surface area contributed by atoms with E-state index in [0.717, 1.165) is 0 Å². The molecule has 45 heavy (non-hydrogen) atoms. The van der Waals surface area contributed by atoms with Gasteiger partial charge >= 0.3 is 23.9 Å². The maximum absolute atomic E-state index is 13.4. The Kier molecular flexibility index (Phi) is 11.9. The van der Waals surface area contributed by atoms with Crippen LogP contribution in [0.2, 0.25) is 0 Å². The summed E-state index contributed by atoms with van der Waals surface area (Å²) in [5.74, 6) is 1.90. The van der Waals surface area contributed by atoms with Crippen molar-refractivity contribution >= 4 is 23.9 Å². The van der Waals surface area contributed by atoms with Crippen LogP contribution in [0.4, 0.5) is 0 Å². The van der Waals surface area contributed by atoms with Gasteiger partial charge in [0, 0.05) is 0 Å². The lowest BCUT2D eigenvalue weighted by atomic mass is 10.0. The van der Waals surface area contributed by atoms with Gasteiger partial charge in [-0.2, -0.15) is 0 Å². The summed E-state index contributed by atoms with van der Waals surface area (Å²) in [6.45, 7) is -1.43. The van der Waals surface area contributed by atoms with Crippen LogP contribution in [0.25, 0.3) is 0 Å². The fraction of sp³-hybridized carbons (Fsp3) is 0.176. The van der Waals surface area contributed by atoms with Gasteiger partial charge in [-0.1, -0.05) is 72.8 Å². The molecule has 0 saturated carbocycles. The van der Waals surface area contributed by atoms with E-state index in [1.807, 2.05) is 0 Å². The Morgan fingerprint density at radius 2 is 0.778 bits per heavy atom. The van der Waals surface area contributed by atoms with Crippen LogP contribution in [0.3, 0.4) is 0 Å². The minimum Gasteiger partial charge on any atom is -0.452 e. The standard InChI is InChI=1S/C34H31NO10/c35-41-22-28(43-32(38)24-15-7-2-8-16-24)30(45-34(40)26-19-11-4-12-20-26)29(44-33(39)25-17-9-3-10-18-25)27(21-36)42-31(37)23-13-5-1-6-14-23/h1-20,27-30,36H,21-22,35H2/t27-,28-,29-,30-/m1/s1. The van der Waals surface area contributed by atoms with Crippen LogP contribution in [0, 0.1) is 0 Å². The van der Waals surface area contributed by atoms with E-state index in [9.17, 15) is 24.3 Å². The first-order valence-electron chi connectivity index (χ1n) is 13.9. The topological polar surface area (TPSA) is 161 Å². The smallest absolute Gasteiger partial charge is 0.338 e. The molecular weight excluding hydrogens is 582 g/mol. The van der Waals surface area contributed by atoms with Crippen LogP contribution in [0.5, 0.6) is 0 Å². The molecule has 0 aliphatic carbocycles. The minimum absolute atomic E-state index is 0.106. The summed E-state index contributed by atoms with van der Waals surface area (Å²) >= 11 is 0. The number of esters is 4. The number of hydrogen-bond donors (Lipinski definition) is 2. The highest BCUT2D eigenvalue weighted by molar-refractivity contribution is 5.91. The molecule has 0 aliphatic rings. The Balaban J connectivity index is 1.77. The average Bonchev–Trinajstić information content (AvgIpc) is 3.09. The highest BCUT2D eigenvalue weighted by Gasteiger charge is 2.45. The summed E-state index contributed by atoms with van der Waals surface area (Å²) in [6.07, 6.45) is -6.57. The van der Waals surface area contributed by atoms with Crippen molar-refractivity contribution in [3.8, 4) is 0 Å². The van der Waals surface area contributed by atoms with Crippen LogP contribution in [-0.4, -0.2) is 66.6 Å². The van der Waals surface area contributed by atoms with Crippen LogP contribution >= 0.6 is 0 Å². The minimum atomic E-state index is -1.73. The van der Waals surface area contributed by atoms with Crippen molar-refractivity contribution in [2.75, 3.05) is 13.2 Å². The summed E-state index contributed by atoms with van der Waals surface area (Å²) in [7, 11) is 0. The fourth-order valence-corrected chi connectivity index (χ4v) is 4.30. The molecule has 0 aliphatic heterocycles. The van der Waals surface area contributed by atoms with E-state index < -0.39 is 61.5 Å². The Morgan fingerprint density at radius 3 is 1.09 bits per heavy atom. The largest absolute Gasteiger partial charge is 0.452 e. The van der Waals surface area contributed by atoms with E-state index in [-0.39, 0.29) is 22.3 Å². The molecule has 0 radical (unpaired) electrons. The Morgan fingerprint density at radius 1 is 0.489 bits per heavy atom. The monoisotopic (exact) mass is 613 g/mol. The maximum Gasteiger partial charge on any atom is 0.338 e. The molecule has 11 heteroatoms. The number of hydrogen-bond acceptors (Lipinski definition) is 11. The van der Waals surface area contributed by atoms with Gasteiger partial charge in [0.15, 0.2) is 24.4 Å². The summed E-state index contributed by atoms with van der Waals surface area (Å²) in [5.41, 5.74) is 0.507. The first-order valence-corrected chi connectivity index (χ1v) is 13.9. The lowest BCUT2D eigenvalue weighted by molar-refractivity contribution is -0.141. The molecule has 4 aromatic carbocycles. The van der Waals surface area contributed by atoms with Gasteiger partial charge in [-0.05, 0) is 48.5 Å². The molecule has 0 spiro atoms. The second-order valence-electron chi connectivity index (χ2n) is 9.61. The first-order chi connectivity index (χ1) is 21.9. The number of aliphatic hydroxyl groups is 1. The predicted molar refractivity (Wildman–Crippen MR) is 160 cm³/mol. The molecular formula is C34H31NO10. The van der Waals surface area contributed by atoms with Gasteiger partial charge in [0.05, 0.1) is 28.9 Å². The van der Waals surface area contributed by atoms with Gasteiger partial charge in [0.2, 0.25) is 0 Å². The summed E-state index contributed by atoms with van der Waals surface area (Å²) in [5, 5.41) is 10.5. The van der Waals surface area contributed by atoms with Crippen molar-refractivity contribution < 1.29 is 48.1 Å². The molecule has 11 nitrogen and oxygen atoms in total. The Bertz CT molecular complexity index is 1530. The molecule has 0 saturated heterocycles. The quantitative estimate of drug-likeness (QED) is 0.121. The third kappa shape index (κ3) is 9.07. The van der Waals surface area contributed by atoms with Crippen molar-refractivity contribution in [3.63, 3.8) is 0 Å². The lowest BCUT2D eigenvalue weighted by Crippen LogP contribution is -2.54. The normalized spacial score (nSPS) is 13.4. The molecule has 0 amide bonds. The van der Waals surface area contributed by atoms with E-state index in [4.69, 9.17) is 29.7 Å². The van der Waals surface area contributed by atoms with Crippen LogP contribution in [-0.2, 0) is 23.8 Å². The number of carbonyl (C=O) groups is 4. The molecule has 0 heterocycles. The Hall–Kier alpha value is -5.36. The Labute approximate surface area is 259 Å². The SMILES string of the molecule is NOC[C@@H](OC(=O)c1ccccc1)[C@@H](OC(=O)c1ccccc1)[C@H](OC(=O)c1ccccc1)[C@@H](CO)OC(=O)c1ccccc1. The second kappa shape index (κ2) is 16.5. The number of ether oxygens (including phenoxy) is 4. The van der Waals surface area contributed by atoms with Crippen molar-refractivity contribution in [3.05, 3.63) is 144 Å². The van der Waals surface area contributed by atoms with Crippen molar-refractivity contribution in [1.82, 2.24) is 0 Å². The van der Waals surface area contributed by atoms with Gasteiger partial charge in [-0.15, -0.1) is 0 Å². The number of rotatable bonds is 14. The zero-order valence-corrected chi connectivity index (χ0v) is 24.0. The second-order valence-corrected chi connectivity index (χ2v) is 9.61. The van der Waals surface area contributed by atoms with Crippen molar-refractivity contribution in [1.29, 1.82) is 0 Å². The molecule has 3 N–H and O–H groups in total. The highest BCUT2D eigenvalue weighted by Crippen LogP contribution is 2.23. The van der Waals surface area contributed by atoms with Crippen LogP contribution in [0.15, 0.2) is 121 Å². The van der Waals surface area contributed by atoms with Crippen molar-refractivity contribution in [2.45, 2.75) is 24.4 Å². The molecule has 0 fully saturated rings. The van der Waals surface area contributed by atoms with Gasteiger partial charge < -0.3 is 28.9 Å². The highest BCUT2D eigenvalue weighted by atomic mass is 16.7. The number of aliphatic hydroxyl groups excluding tert-OH is 1. The van der Waals surface area contributed by atoms with Gasteiger partial charge in [-0.25, -0.2) is 25.1 Å². The molecule has 0 bridgehead atoms. The van der Waals surface area contributed by atoms with Crippen LogP contribution in [0.1, 0.15) is 41.4 Å². The molecule has 4 atom stereocenters. The molecule has 4 rings (SSSR count).